The molecular weight excluding hydrogens is 508 g/mol. The quantitative estimate of drug-likeness (QED) is 0.264. The monoisotopic (exact) mass is 534 g/mol. The molecule has 0 heterocycles. The van der Waals surface area contributed by atoms with Crippen LogP contribution in [-0.2, 0) is 14.8 Å². The Morgan fingerprint density at radius 3 is 2.31 bits per heavy atom. The molecule has 0 spiro atoms. The highest BCUT2D eigenvalue weighted by Gasteiger charge is 2.28. The molecule has 0 unspecified atom stereocenters. The molecular formula is C25H27ClN2O5S2. The van der Waals surface area contributed by atoms with Crippen LogP contribution in [0.25, 0.3) is 0 Å². The van der Waals surface area contributed by atoms with E-state index in [0.29, 0.717) is 28.8 Å². The number of rotatable bonds is 12. The number of benzene rings is 3. The lowest BCUT2D eigenvalue weighted by atomic mass is 10.2. The number of thioether (sulfide) groups is 1. The lowest BCUT2D eigenvalue weighted by Gasteiger charge is -2.25. The Hall–Kier alpha value is -2.88. The van der Waals surface area contributed by atoms with Gasteiger partial charge in [0.15, 0.2) is 11.5 Å². The van der Waals surface area contributed by atoms with Crippen molar-refractivity contribution < 1.29 is 22.7 Å². The topological polar surface area (TPSA) is 84.9 Å². The molecule has 0 aliphatic rings. The highest BCUT2D eigenvalue weighted by Crippen LogP contribution is 2.33. The first-order valence-corrected chi connectivity index (χ1v) is 13.6. The van der Waals surface area contributed by atoms with Crippen LogP contribution in [0, 0.1) is 0 Å². The fourth-order valence-electron chi connectivity index (χ4n) is 3.22. The molecule has 0 bridgehead atoms. The van der Waals surface area contributed by atoms with Crippen molar-refractivity contribution in [3.8, 4) is 11.5 Å². The Kier molecular flexibility index (Phi) is 9.71. The number of hydrogen-bond acceptors (Lipinski definition) is 6. The smallest absolute Gasteiger partial charge is 0.264 e. The number of carbonyl (C=O) groups is 1. The van der Waals surface area contributed by atoms with E-state index in [4.69, 9.17) is 21.1 Å². The number of nitrogens with zero attached hydrogens (tertiary/aromatic N) is 1. The van der Waals surface area contributed by atoms with Crippen LogP contribution in [-0.4, -0.2) is 47.4 Å². The van der Waals surface area contributed by atoms with E-state index in [1.807, 2.05) is 24.3 Å². The van der Waals surface area contributed by atoms with Gasteiger partial charge in [0.2, 0.25) is 5.91 Å². The first kappa shape index (κ1) is 26.7. The summed E-state index contributed by atoms with van der Waals surface area (Å²) in [6.45, 7) is 0.0433. The van der Waals surface area contributed by atoms with Crippen molar-refractivity contribution in [1.29, 1.82) is 0 Å². The van der Waals surface area contributed by atoms with Gasteiger partial charge >= 0.3 is 0 Å². The number of hydrogen-bond donors (Lipinski definition) is 1. The summed E-state index contributed by atoms with van der Waals surface area (Å²) in [5, 5.41) is 3.50. The molecule has 0 aromatic heterocycles. The van der Waals surface area contributed by atoms with Crippen molar-refractivity contribution >= 4 is 45.0 Å². The Labute approximate surface area is 215 Å². The third-order valence-corrected chi connectivity index (χ3v) is 8.14. The van der Waals surface area contributed by atoms with Crippen molar-refractivity contribution in [2.24, 2.45) is 0 Å². The van der Waals surface area contributed by atoms with Crippen LogP contribution in [0.2, 0.25) is 5.02 Å². The zero-order chi connectivity index (χ0) is 25.3. The lowest BCUT2D eigenvalue weighted by molar-refractivity contribution is -0.119. The minimum Gasteiger partial charge on any atom is -0.493 e. The summed E-state index contributed by atoms with van der Waals surface area (Å²) < 4.78 is 38.5. The van der Waals surface area contributed by atoms with Crippen LogP contribution < -0.4 is 19.1 Å². The molecule has 3 rings (SSSR count). The van der Waals surface area contributed by atoms with Crippen molar-refractivity contribution in [1.82, 2.24) is 5.32 Å². The van der Waals surface area contributed by atoms with Crippen LogP contribution in [0.5, 0.6) is 11.5 Å². The number of sulfonamides is 1. The second-order valence-corrected chi connectivity index (χ2v) is 10.8. The minimum absolute atomic E-state index is 0.0851. The predicted octanol–water partition coefficient (Wildman–Crippen LogP) is 4.85. The first-order chi connectivity index (χ1) is 16.8. The molecule has 186 valence electrons. The van der Waals surface area contributed by atoms with Crippen molar-refractivity contribution in [2.45, 2.75) is 16.2 Å². The molecule has 1 N–H and O–H groups in total. The maximum Gasteiger partial charge on any atom is 0.264 e. The number of nitrogens with one attached hydrogen (secondary N) is 1. The minimum atomic E-state index is -4.01. The van der Waals surface area contributed by atoms with Crippen molar-refractivity contribution in [2.75, 3.05) is 37.4 Å². The summed E-state index contributed by atoms with van der Waals surface area (Å²) in [4.78, 5) is 13.9. The zero-order valence-corrected chi connectivity index (χ0v) is 21.8. The summed E-state index contributed by atoms with van der Waals surface area (Å²) in [7, 11) is -1.05. The second kappa shape index (κ2) is 12.7. The zero-order valence-electron chi connectivity index (χ0n) is 19.4. The van der Waals surface area contributed by atoms with E-state index in [-0.39, 0.29) is 11.4 Å². The Morgan fingerprint density at radius 1 is 0.971 bits per heavy atom. The van der Waals surface area contributed by atoms with E-state index in [1.54, 1.807) is 42.1 Å². The van der Waals surface area contributed by atoms with Crippen molar-refractivity contribution in [3.63, 3.8) is 0 Å². The van der Waals surface area contributed by atoms with E-state index in [0.717, 1.165) is 21.4 Å². The maximum atomic E-state index is 13.4. The van der Waals surface area contributed by atoms with Gasteiger partial charge in [-0.2, -0.15) is 0 Å². The average Bonchev–Trinajstić information content (AvgIpc) is 2.88. The van der Waals surface area contributed by atoms with Gasteiger partial charge in [-0.05, 0) is 60.7 Å². The van der Waals surface area contributed by atoms with Crippen LogP contribution in [0.4, 0.5) is 5.69 Å². The first-order valence-electron chi connectivity index (χ1n) is 10.8. The second-order valence-electron chi connectivity index (χ2n) is 7.37. The van der Waals surface area contributed by atoms with Gasteiger partial charge in [0.05, 0.1) is 24.8 Å². The standard InChI is InChI=1S/C25H27ClN2O5S2/c1-32-23-14-11-20(17-24(23)33-2)28(35(30,31)22-7-4-3-5-8-22)18-25(29)27-15-6-16-34-21-12-9-19(26)10-13-21/h3-5,7-14,17H,6,15-16,18H2,1-2H3,(H,27,29). The predicted molar refractivity (Wildman–Crippen MR) is 140 cm³/mol. The fraction of sp³-hybridized carbons (Fsp3) is 0.240. The van der Waals surface area contributed by atoms with Gasteiger partial charge in [0.1, 0.15) is 6.54 Å². The normalized spacial score (nSPS) is 11.1. The number of anilines is 1. The van der Waals surface area contributed by atoms with E-state index >= 15 is 0 Å². The fourth-order valence-corrected chi connectivity index (χ4v) is 5.63. The summed E-state index contributed by atoms with van der Waals surface area (Å²) in [6.07, 6.45) is 0.723. The average molecular weight is 535 g/mol. The summed E-state index contributed by atoms with van der Waals surface area (Å²) in [5.74, 6) is 1.20. The molecule has 0 saturated carbocycles. The SMILES string of the molecule is COc1ccc(N(CC(=O)NCCCSc2ccc(Cl)cc2)S(=O)(=O)c2ccccc2)cc1OC. The molecule has 3 aromatic carbocycles. The van der Waals surface area contributed by atoms with Gasteiger partial charge in [0.25, 0.3) is 10.0 Å². The van der Waals surface area contributed by atoms with Crippen LogP contribution in [0.1, 0.15) is 6.42 Å². The van der Waals surface area contributed by atoms with Gasteiger partial charge < -0.3 is 14.8 Å². The van der Waals surface area contributed by atoms with Gasteiger partial charge in [-0.1, -0.05) is 29.8 Å². The van der Waals surface area contributed by atoms with Crippen LogP contribution >= 0.6 is 23.4 Å². The van der Waals surface area contributed by atoms with E-state index in [9.17, 15) is 13.2 Å². The third-order valence-electron chi connectivity index (χ3n) is 5.00. The molecule has 7 nitrogen and oxygen atoms in total. The highest BCUT2D eigenvalue weighted by molar-refractivity contribution is 7.99. The molecule has 0 atom stereocenters. The molecule has 0 radical (unpaired) electrons. The van der Waals surface area contributed by atoms with Gasteiger partial charge in [0, 0.05) is 22.5 Å². The Morgan fingerprint density at radius 2 is 1.66 bits per heavy atom. The lowest BCUT2D eigenvalue weighted by Crippen LogP contribution is -2.41. The molecule has 35 heavy (non-hydrogen) atoms. The molecule has 1 amide bonds. The van der Waals surface area contributed by atoms with E-state index < -0.39 is 15.9 Å². The van der Waals surface area contributed by atoms with E-state index in [2.05, 4.69) is 5.32 Å². The number of methoxy groups -OCH3 is 2. The largest absolute Gasteiger partial charge is 0.493 e. The third kappa shape index (κ3) is 7.30. The van der Waals surface area contributed by atoms with Gasteiger partial charge in [-0.3, -0.25) is 9.10 Å². The maximum absolute atomic E-state index is 13.4. The Balaban J connectivity index is 1.69. The number of carbonyl (C=O) groups excluding carboxylic acids is 1. The Bertz CT molecular complexity index is 1220. The summed E-state index contributed by atoms with van der Waals surface area (Å²) >= 11 is 7.56. The van der Waals surface area contributed by atoms with Crippen LogP contribution in [0.3, 0.4) is 0 Å². The van der Waals surface area contributed by atoms with Gasteiger partial charge in [-0.25, -0.2) is 8.42 Å². The molecule has 10 heteroatoms. The molecule has 3 aromatic rings. The van der Waals surface area contributed by atoms with Gasteiger partial charge in [-0.15, -0.1) is 11.8 Å². The van der Waals surface area contributed by atoms with Crippen LogP contribution in [0.15, 0.2) is 82.6 Å². The van der Waals surface area contributed by atoms with Crippen molar-refractivity contribution in [3.05, 3.63) is 77.8 Å². The molecule has 0 aliphatic heterocycles. The highest BCUT2D eigenvalue weighted by atomic mass is 35.5. The molecule has 0 saturated heterocycles. The number of ether oxygens (including phenoxy) is 2. The van der Waals surface area contributed by atoms with E-state index in [1.165, 1.54) is 32.4 Å². The summed E-state index contributed by atoms with van der Waals surface area (Å²) in [6, 6.07) is 20.3. The summed E-state index contributed by atoms with van der Waals surface area (Å²) in [5.41, 5.74) is 0.292. The number of halogens is 1. The number of amides is 1. The molecule has 0 aliphatic carbocycles. The molecule has 0 fully saturated rings.